The lowest BCUT2D eigenvalue weighted by Crippen LogP contribution is -2.26. The van der Waals surface area contributed by atoms with Crippen LogP contribution in [0.5, 0.6) is 0 Å². The number of aryl methyl sites for hydroxylation is 1. The molecular formula is C22H24N6O2. The predicted octanol–water partition coefficient (Wildman–Crippen LogP) is 3.88. The Kier molecular flexibility index (Phi) is 5.33. The van der Waals surface area contributed by atoms with Gasteiger partial charge >= 0.3 is 0 Å². The number of methoxy groups -OCH3 is 1. The van der Waals surface area contributed by atoms with Gasteiger partial charge in [-0.25, -0.2) is 4.68 Å². The molecule has 0 aliphatic carbocycles. The smallest absolute Gasteiger partial charge is 0.275 e. The number of benzene rings is 1. The Bertz CT molecular complexity index is 1230. The van der Waals surface area contributed by atoms with Gasteiger partial charge in [-0.05, 0) is 38.5 Å². The van der Waals surface area contributed by atoms with Crippen molar-refractivity contribution in [2.24, 2.45) is 0 Å². The standard InChI is InChI=1S/C22H24N6O2/c1-13(2)28-22(29)18-11-15(20(30-4)16-6-5-9-23-12-16)7-8-17(18)21(27-28)24-19-10-14(3)25-26-19/h5-13,20H,1-4H3,(H2,24,25,26,27). The highest BCUT2D eigenvalue weighted by Gasteiger charge is 2.18. The summed E-state index contributed by atoms with van der Waals surface area (Å²) in [5.41, 5.74) is 2.58. The molecule has 0 spiro atoms. The van der Waals surface area contributed by atoms with Crippen LogP contribution >= 0.6 is 0 Å². The third-order valence-electron chi connectivity index (χ3n) is 4.91. The summed E-state index contributed by atoms with van der Waals surface area (Å²) in [5.74, 6) is 1.22. The Labute approximate surface area is 173 Å². The lowest BCUT2D eigenvalue weighted by atomic mass is 10.00. The lowest BCUT2D eigenvalue weighted by molar-refractivity contribution is 0.136. The molecule has 3 heterocycles. The number of aromatic nitrogens is 5. The van der Waals surface area contributed by atoms with Gasteiger partial charge < -0.3 is 10.1 Å². The zero-order valence-electron chi connectivity index (χ0n) is 17.4. The van der Waals surface area contributed by atoms with E-state index in [-0.39, 0.29) is 17.7 Å². The Balaban J connectivity index is 1.88. The van der Waals surface area contributed by atoms with Gasteiger partial charge in [0.05, 0.1) is 11.4 Å². The molecule has 30 heavy (non-hydrogen) atoms. The van der Waals surface area contributed by atoms with Crippen molar-refractivity contribution in [1.29, 1.82) is 0 Å². The van der Waals surface area contributed by atoms with Gasteiger partial charge in [-0.15, -0.1) is 0 Å². The molecule has 1 aromatic carbocycles. The van der Waals surface area contributed by atoms with Crippen molar-refractivity contribution in [2.75, 3.05) is 12.4 Å². The predicted molar refractivity (Wildman–Crippen MR) is 116 cm³/mol. The van der Waals surface area contributed by atoms with Crippen LogP contribution in [-0.4, -0.2) is 32.1 Å². The zero-order valence-corrected chi connectivity index (χ0v) is 17.4. The number of nitrogens with zero attached hydrogens (tertiary/aromatic N) is 4. The van der Waals surface area contributed by atoms with Crippen molar-refractivity contribution in [3.8, 4) is 0 Å². The maximum atomic E-state index is 13.2. The molecule has 0 fully saturated rings. The third-order valence-corrected chi connectivity index (χ3v) is 4.91. The summed E-state index contributed by atoms with van der Waals surface area (Å²) < 4.78 is 7.21. The summed E-state index contributed by atoms with van der Waals surface area (Å²) in [7, 11) is 1.65. The molecule has 1 atom stereocenters. The van der Waals surface area contributed by atoms with Gasteiger partial charge in [-0.1, -0.05) is 18.2 Å². The van der Waals surface area contributed by atoms with Crippen molar-refractivity contribution in [3.05, 3.63) is 76.0 Å². The van der Waals surface area contributed by atoms with E-state index in [4.69, 9.17) is 4.74 Å². The minimum atomic E-state index is -0.325. The number of H-pyrrole nitrogens is 1. The number of hydrogen-bond acceptors (Lipinski definition) is 6. The Hall–Kier alpha value is -3.52. The topological polar surface area (TPSA) is 97.7 Å². The molecule has 0 saturated heterocycles. The van der Waals surface area contributed by atoms with Crippen molar-refractivity contribution in [1.82, 2.24) is 25.0 Å². The lowest BCUT2D eigenvalue weighted by Gasteiger charge is -2.18. The first kappa shape index (κ1) is 19.8. The summed E-state index contributed by atoms with van der Waals surface area (Å²) in [5, 5.41) is 16.2. The van der Waals surface area contributed by atoms with Crippen LogP contribution in [-0.2, 0) is 4.74 Å². The zero-order chi connectivity index (χ0) is 21.3. The van der Waals surface area contributed by atoms with Gasteiger partial charge in [-0.3, -0.25) is 14.9 Å². The molecule has 8 heteroatoms. The van der Waals surface area contributed by atoms with E-state index in [1.807, 2.05) is 57.2 Å². The normalized spacial score (nSPS) is 12.4. The number of fused-ring (bicyclic) bond motifs is 1. The molecule has 1 unspecified atom stereocenters. The Morgan fingerprint density at radius 1 is 1.13 bits per heavy atom. The van der Waals surface area contributed by atoms with Crippen LogP contribution in [0.1, 0.15) is 42.8 Å². The monoisotopic (exact) mass is 404 g/mol. The van der Waals surface area contributed by atoms with Gasteiger partial charge in [0.25, 0.3) is 5.56 Å². The van der Waals surface area contributed by atoms with E-state index in [0.717, 1.165) is 22.2 Å². The van der Waals surface area contributed by atoms with Crippen LogP contribution in [0.15, 0.2) is 53.6 Å². The number of aromatic amines is 1. The number of pyridine rings is 1. The number of nitrogens with one attached hydrogen (secondary N) is 2. The first-order valence-corrected chi connectivity index (χ1v) is 9.76. The molecule has 8 nitrogen and oxygen atoms in total. The van der Waals surface area contributed by atoms with Crippen LogP contribution in [0.3, 0.4) is 0 Å². The fraction of sp³-hybridized carbons (Fsp3) is 0.273. The molecule has 4 rings (SSSR count). The molecular weight excluding hydrogens is 380 g/mol. The van der Waals surface area contributed by atoms with Gasteiger partial charge in [0.2, 0.25) is 0 Å². The molecule has 0 amide bonds. The minimum absolute atomic E-state index is 0.0939. The number of hydrogen-bond donors (Lipinski definition) is 2. The van der Waals surface area contributed by atoms with Gasteiger partial charge in [0, 0.05) is 42.2 Å². The van der Waals surface area contributed by atoms with Gasteiger partial charge in [0.1, 0.15) is 6.10 Å². The minimum Gasteiger partial charge on any atom is -0.372 e. The molecule has 4 aromatic rings. The van der Waals surface area contributed by atoms with Crippen LogP contribution in [0.2, 0.25) is 0 Å². The summed E-state index contributed by atoms with van der Waals surface area (Å²) in [6, 6.07) is 11.3. The first-order valence-electron chi connectivity index (χ1n) is 9.76. The largest absolute Gasteiger partial charge is 0.372 e. The number of rotatable bonds is 6. The van der Waals surface area contributed by atoms with Crippen molar-refractivity contribution in [2.45, 2.75) is 32.9 Å². The molecule has 0 radical (unpaired) electrons. The second kappa shape index (κ2) is 8.08. The average molecular weight is 404 g/mol. The molecule has 2 N–H and O–H groups in total. The molecule has 0 saturated carbocycles. The number of ether oxygens (including phenoxy) is 1. The highest BCUT2D eigenvalue weighted by Crippen LogP contribution is 2.29. The number of anilines is 2. The Morgan fingerprint density at radius 3 is 2.60 bits per heavy atom. The van der Waals surface area contributed by atoms with E-state index in [0.29, 0.717) is 17.0 Å². The highest BCUT2D eigenvalue weighted by atomic mass is 16.5. The van der Waals surface area contributed by atoms with E-state index < -0.39 is 0 Å². The SMILES string of the molecule is COC(c1cccnc1)c1ccc2c(Nc3cc(C)[nH]n3)nn(C(C)C)c(=O)c2c1. The maximum Gasteiger partial charge on any atom is 0.275 e. The molecule has 3 aromatic heterocycles. The molecule has 0 aliphatic rings. The second-order valence-electron chi connectivity index (χ2n) is 7.46. The van der Waals surface area contributed by atoms with Crippen molar-refractivity contribution in [3.63, 3.8) is 0 Å². The van der Waals surface area contributed by atoms with E-state index >= 15 is 0 Å². The highest BCUT2D eigenvalue weighted by molar-refractivity contribution is 5.92. The van der Waals surface area contributed by atoms with E-state index in [1.165, 1.54) is 4.68 Å². The quantitative estimate of drug-likeness (QED) is 0.506. The van der Waals surface area contributed by atoms with Crippen LogP contribution in [0.4, 0.5) is 11.6 Å². The fourth-order valence-electron chi connectivity index (χ4n) is 3.48. The van der Waals surface area contributed by atoms with Crippen molar-refractivity contribution >= 4 is 22.4 Å². The van der Waals surface area contributed by atoms with Gasteiger partial charge in [-0.2, -0.15) is 10.2 Å². The second-order valence-corrected chi connectivity index (χ2v) is 7.46. The summed E-state index contributed by atoms with van der Waals surface area (Å²) in [4.78, 5) is 17.4. The molecule has 0 bridgehead atoms. The third kappa shape index (κ3) is 3.69. The average Bonchev–Trinajstić information content (AvgIpc) is 3.16. The summed E-state index contributed by atoms with van der Waals surface area (Å²) >= 11 is 0. The van der Waals surface area contributed by atoms with E-state index in [9.17, 15) is 4.79 Å². The van der Waals surface area contributed by atoms with E-state index in [1.54, 1.807) is 19.5 Å². The summed E-state index contributed by atoms with van der Waals surface area (Å²) in [6.07, 6.45) is 3.16. The van der Waals surface area contributed by atoms with Crippen LogP contribution in [0, 0.1) is 6.92 Å². The maximum absolute atomic E-state index is 13.2. The summed E-state index contributed by atoms with van der Waals surface area (Å²) in [6.45, 7) is 5.79. The van der Waals surface area contributed by atoms with Crippen molar-refractivity contribution < 1.29 is 4.74 Å². The van der Waals surface area contributed by atoms with Crippen LogP contribution < -0.4 is 10.9 Å². The Morgan fingerprint density at radius 2 is 1.97 bits per heavy atom. The first-order chi connectivity index (χ1) is 14.5. The van der Waals surface area contributed by atoms with Gasteiger partial charge in [0.15, 0.2) is 11.6 Å². The van der Waals surface area contributed by atoms with Crippen LogP contribution in [0.25, 0.3) is 10.8 Å². The van der Waals surface area contributed by atoms with E-state index in [2.05, 4.69) is 25.6 Å². The molecule has 154 valence electrons. The molecule has 0 aliphatic heterocycles. The fourth-order valence-corrected chi connectivity index (χ4v) is 3.48.